The molecule has 0 aromatic heterocycles. The van der Waals surface area contributed by atoms with Crippen LogP contribution in [0.4, 0.5) is 8.78 Å². The van der Waals surface area contributed by atoms with Crippen LogP contribution < -0.4 is 9.47 Å². The van der Waals surface area contributed by atoms with Crippen LogP contribution in [0.2, 0.25) is 0 Å². The van der Waals surface area contributed by atoms with Crippen molar-refractivity contribution in [2.24, 2.45) is 0 Å². The molecule has 0 atom stereocenters. The summed E-state index contributed by atoms with van der Waals surface area (Å²) >= 11 is 0. The molecule has 0 bridgehead atoms. The third-order valence-electron chi connectivity index (χ3n) is 3.86. The number of hydrogen-bond acceptors (Lipinski definition) is 3. The molecule has 1 amide bonds. The molecule has 0 heterocycles. The van der Waals surface area contributed by atoms with Crippen molar-refractivity contribution in [3.63, 3.8) is 0 Å². The maximum atomic E-state index is 12.4. The van der Waals surface area contributed by atoms with Crippen LogP contribution in [-0.4, -0.2) is 31.1 Å². The van der Waals surface area contributed by atoms with E-state index < -0.39 is 6.61 Å². The number of carbonyl (C=O) groups excluding carboxylic acids is 1. The summed E-state index contributed by atoms with van der Waals surface area (Å²) in [5, 5.41) is 0. The Morgan fingerprint density at radius 2 is 1.84 bits per heavy atom. The molecule has 0 saturated heterocycles. The van der Waals surface area contributed by atoms with Crippen LogP contribution in [0.3, 0.4) is 0 Å². The molecule has 0 unspecified atom stereocenters. The van der Waals surface area contributed by atoms with Crippen LogP contribution in [0.15, 0.2) is 18.2 Å². The number of amides is 1. The van der Waals surface area contributed by atoms with Crippen molar-refractivity contribution in [1.29, 1.82) is 0 Å². The molecule has 1 rings (SSSR count). The summed E-state index contributed by atoms with van der Waals surface area (Å²) in [6, 6.07) is 4.77. The Kier molecular flexibility index (Phi) is 9.88. The molecule has 0 fully saturated rings. The van der Waals surface area contributed by atoms with E-state index in [1.807, 2.05) is 0 Å². The molecule has 1 aromatic rings. The van der Waals surface area contributed by atoms with Gasteiger partial charge in [0.05, 0.1) is 6.61 Å². The number of ether oxygens (including phenoxy) is 2. The highest BCUT2D eigenvalue weighted by atomic mass is 19.3. The molecule has 4 nitrogen and oxygen atoms in total. The monoisotopic (exact) mass is 357 g/mol. The number of unbranched alkanes of at least 4 members (excludes halogenated alkanes) is 4. The molecule has 0 saturated carbocycles. The van der Waals surface area contributed by atoms with Crippen LogP contribution in [-0.2, 0) is 11.3 Å². The highest BCUT2D eigenvalue weighted by Gasteiger charge is 2.14. The van der Waals surface area contributed by atoms with Crippen molar-refractivity contribution in [2.75, 3.05) is 13.7 Å². The minimum atomic E-state index is -2.90. The third kappa shape index (κ3) is 8.18. The Balaban J connectivity index is 2.59. The first-order valence-electron chi connectivity index (χ1n) is 8.92. The number of nitrogens with zero attached hydrogens (tertiary/aromatic N) is 1. The zero-order valence-corrected chi connectivity index (χ0v) is 15.4. The molecule has 0 aliphatic rings. The summed E-state index contributed by atoms with van der Waals surface area (Å²) in [4.78, 5) is 13.8. The van der Waals surface area contributed by atoms with Gasteiger partial charge in [0.25, 0.3) is 0 Å². The number of halogens is 2. The Labute approximate surface area is 149 Å². The van der Waals surface area contributed by atoms with Gasteiger partial charge in [0.2, 0.25) is 5.91 Å². The number of carbonyl (C=O) groups is 1. The quantitative estimate of drug-likeness (QED) is 0.494. The van der Waals surface area contributed by atoms with Crippen LogP contribution in [0.1, 0.15) is 57.9 Å². The molecule has 0 aliphatic carbocycles. The molecule has 0 aliphatic heterocycles. The maximum Gasteiger partial charge on any atom is 0.387 e. The van der Waals surface area contributed by atoms with Gasteiger partial charge >= 0.3 is 6.61 Å². The summed E-state index contributed by atoms with van der Waals surface area (Å²) in [5.74, 6) is 0.355. The van der Waals surface area contributed by atoms with Gasteiger partial charge in [-0.3, -0.25) is 4.79 Å². The largest absolute Gasteiger partial charge is 0.490 e. The van der Waals surface area contributed by atoms with E-state index in [1.165, 1.54) is 18.9 Å². The van der Waals surface area contributed by atoms with Crippen molar-refractivity contribution < 1.29 is 23.0 Å². The topological polar surface area (TPSA) is 38.8 Å². The molecule has 25 heavy (non-hydrogen) atoms. The van der Waals surface area contributed by atoms with Crippen LogP contribution in [0.5, 0.6) is 11.5 Å². The smallest absolute Gasteiger partial charge is 0.387 e. The molecular formula is C19H29F2NO3. The van der Waals surface area contributed by atoms with Gasteiger partial charge in [0, 0.05) is 20.0 Å². The summed E-state index contributed by atoms with van der Waals surface area (Å²) in [5.41, 5.74) is 0.812. The molecule has 0 N–H and O–H groups in total. The van der Waals surface area contributed by atoms with E-state index >= 15 is 0 Å². The highest BCUT2D eigenvalue weighted by Crippen LogP contribution is 2.30. The first-order valence-corrected chi connectivity index (χ1v) is 8.92. The van der Waals surface area contributed by atoms with E-state index in [-0.39, 0.29) is 17.4 Å². The highest BCUT2D eigenvalue weighted by molar-refractivity contribution is 5.75. The lowest BCUT2D eigenvalue weighted by Gasteiger charge is -2.19. The lowest BCUT2D eigenvalue weighted by Crippen LogP contribution is -2.25. The molecular weight excluding hydrogens is 328 g/mol. The number of hydrogen-bond donors (Lipinski definition) is 0. The Bertz CT molecular complexity index is 523. The lowest BCUT2D eigenvalue weighted by atomic mass is 10.1. The van der Waals surface area contributed by atoms with Gasteiger partial charge in [-0.15, -0.1) is 0 Å². The van der Waals surface area contributed by atoms with Gasteiger partial charge in [-0.2, -0.15) is 8.78 Å². The fourth-order valence-corrected chi connectivity index (χ4v) is 2.55. The van der Waals surface area contributed by atoms with Gasteiger partial charge in [-0.25, -0.2) is 0 Å². The van der Waals surface area contributed by atoms with E-state index in [9.17, 15) is 13.6 Å². The van der Waals surface area contributed by atoms with Gasteiger partial charge in [0.1, 0.15) is 0 Å². The average Bonchev–Trinajstić information content (AvgIpc) is 2.56. The Morgan fingerprint density at radius 3 is 2.48 bits per heavy atom. The minimum Gasteiger partial charge on any atom is -0.490 e. The first kappa shape index (κ1) is 21.2. The minimum absolute atomic E-state index is 0.00510. The first-order chi connectivity index (χ1) is 12.0. The standard InChI is InChI=1S/C19H29F2NO3/c1-4-6-7-8-9-10-18(23)22(3)14-15-11-12-16(25-19(20)21)17(13-15)24-5-2/h11-13,19H,4-10,14H2,1-3H3. The zero-order valence-electron chi connectivity index (χ0n) is 15.4. The average molecular weight is 357 g/mol. The van der Waals surface area contributed by atoms with Crippen molar-refractivity contribution in [3.8, 4) is 11.5 Å². The predicted molar refractivity (Wildman–Crippen MR) is 94.1 cm³/mol. The van der Waals surface area contributed by atoms with Gasteiger partial charge < -0.3 is 14.4 Å². The summed E-state index contributed by atoms with van der Waals surface area (Å²) < 4.78 is 34.7. The van der Waals surface area contributed by atoms with Crippen molar-refractivity contribution >= 4 is 5.91 Å². The SMILES string of the molecule is CCCCCCCC(=O)N(C)Cc1ccc(OC(F)F)c(OCC)c1. The summed E-state index contributed by atoms with van der Waals surface area (Å²) in [6.07, 6.45) is 6.05. The number of alkyl halides is 2. The normalized spacial score (nSPS) is 10.8. The molecule has 6 heteroatoms. The Hall–Kier alpha value is -1.85. The van der Waals surface area contributed by atoms with Crippen LogP contribution >= 0.6 is 0 Å². The zero-order chi connectivity index (χ0) is 18.7. The van der Waals surface area contributed by atoms with E-state index in [1.54, 1.807) is 31.0 Å². The van der Waals surface area contributed by atoms with E-state index in [0.29, 0.717) is 19.6 Å². The van der Waals surface area contributed by atoms with Crippen LogP contribution in [0, 0.1) is 0 Å². The number of rotatable bonds is 12. The van der Waals surface area contributed by atoms with E-state index in [0.717, 1.165) is 24.8 Å². The third-order valence-corrected chi connectivity index (χ3v) is 3.86. The maximum absolute atomic E-state index is 12.4. The van der Waals surface area contributed by atoms with Crippen LogP contribution in [0.25, 0.3) is 0 Å². The van der Waals surface area contributed by atoms with Crippen molar-refractivity contribution in [2.45, 2.75) is 65.5 Å². The van der Waals surface area contributed by atoms with E-state index in [4.69, 9.17) is 4.74 Å². The molecule has 0 radical (unpaired) electrons. The van der Waals surface area contributed by atoms with Gasteiger partial charge in [-0.05, 0) is 31.0 Å². The van der Waals surface area contributed by atoms with Gasteiger partial charge in [-0.1, -0.05) is 38.7 Å². The second-order valence-corrected chi connectivity index (χ2v) is 6.01. The Morgan fingerprint density at radius 1 is 1.12 bits per heavy atom. The second-order valence-electron chi connectivity index (χ2n) is 6.01. The second kappa shape index (κ2) is 11.7. The van der Waals surface area contributed by atoms with Gasteiger partial charge in [0.15, 0.2) is 11.5 Å². The summed E-state index contributed by atoms with van der Waals surface area (Å²) in [6.45, 7) is 1.78. The number of benzene rings is 1. The molecule has 142 valence electrons. The van der Waals surface area contributed by atoms with E-state index in [2.05, 4.69) is 11.7 Å². The lowest BCUT2D eigenvalue weighted by molar-refractivity contribution is -0.130. The molecule has 1 aromatic carbocycles. The van der Waals surface area contributed by atoms with Crippen molar-refractivity contribution in [1.82, 2.24) is 4.90 Å². The molecule has 0 spiro atoms. The predicted octanol–water partition coefficient (Wildman–Crippen LogP) is 5.01. The fourth-order valence-electron chi connectivity index (χ4n) is 2.55. The van der Waals surface area contributed by atoms with Crippen molar-refractivity contribution in [3.05, 3.63) is 23.8 Å². The fraction of sp³-hybridized carbons (Fsp3) is 0.632. The summed E-state index contributed by atoms with van der Waals surface area (Å²) in [7, 11) is 1.75.